The topological polar surface area (TPSA) is 60.9 Å². The van der Waals surface area contributed by atoms with E-state index in [0.717, 1.165) is 4.47 Å². The number of halogens is 1. The second-order valence-electron chi connectivity index (χ2n) is 4.32. The van der Waals surface area contributed by atoms with E-state index in [1.165, 1.54) is 0 Å². The first-order valence-corrected chi connectivity index (χ1v) is 6.43. The van der Waals surface area contributed by atoms with Crippen LogP contribution >= 0.6 is 15.9 Å². The molecule has 94 valence electrons. The molecule has 1 aromatic carbocycles. The van der Waals surface area contributed by atoms with Crippen LogP contribution in [0, 0.1) is 0 Å². The second-order valence-corrected chi connectivity index (χ2v) is 5.23. The lowest BCUT2D eigenvalue weighted by Crippen LogP contribution is -2.14. The van der Waals surface area contributed by atoms with E-state index in [1.54, 1.807) is 29.1 Å². The summed E-state index contributed by atoms with van der Waals surface area (Å²) in [6.45, 7) is 3.96. The molecule has 5 heteroatoms. The Hall–Kier alpha value is -1.62. The smallest absolute Gasteiger partial charge is 0.213 e. The van der Waals surface area contributed by atoms with Crippen molar-refractivity contribution in [3.05, 3.63) is 46.2 Å². The molecule has 18 heavy (non-hydrogen) atoms. The molecule has 0 aliphatic heterocycles. The number of aromatic nitrogens is 2. The zero-order valence-electron chi connectivity index (χ0n) is 10.2. The molecule has 0 radical (unpaired) electrons. The fraction of sp³-hybridized carbons (Fsp3) is 0.231. The van der Waals surface area contributed by atoms with Crippen LogP contribution in [0.15, 0.2) is 34.9 Å². The van der Waals surface area contributed by atoms with Crippen molar-refractivity contribution in [1.82, 2.24) is 9.78 Å². The highest BCUT2D eigenvalue weighted by molar-refractivity contribution is 9.10. The summed E-state index contributed by atoms with van der Waals surface area (Å²) in [5.74, 6) is -0.111. The number of hydrogen-bond donors (Lipinski definition) is 1. The largest absolute Gasteiger partial charge is 0.398 e. The normalized spacial score (nSPS) is 10.9. The third-order valence-electron chi connectivity index (χ3n) is 2.65. The highest BCUT2D eigenvalue weighted by Gasteiger charge is 2.18. The Bertz CT molecular complexity index is 590. The molecule has 2 N–H and O–H groups in total. The van der Waals surface area contributed by atoms with E-state index in [0.29, 0.717) is 16.9 Å². The van der Waals surface area contributed by atoms with Crippen molar-refractivity contribution in [2.45, 2.75) is 19.9 Å². The van der Waals surface area contributed by atoms with Gasteiger partial charge in [0.05, 0.1) is 0 Å². The van der Waals surface area contributed by atoms with Gasteiger partial charge >= 0.3 is 0 Å². The molecule has 0 spiro atoms. The van der Waals surface area contributed by atoms with E-state index in [4.69, 9.17) is 5.73 Å². The molecule has 0 unspecified atom stereocenters. The third kappa shape index (κ3) is 2.31. The standard InChI is InChI=1S/C13H14BrN3O/c1-8(2)17-12(5-6-16-17)13(18)10-7-9(14)3-4-11(10)15/h3-8H,15H2,1-2H3. The van der Waals surface area contributed by atoms with Gasteiger partial charge in [0.1, 0.15) is 5.69 Å². The third-order valence-corrected chi connectivity index (χ3v) is 3.15. The van der Waals surface area contributed by atoms with Gasteiger partial charge in [-0.15, -0.1) is 0 Å². The van der Waals surface area contributed by atoms with Crippen LogP contribution in [-0.4, -0.2) is 15.6 Å². The minimum atomic E-state index is -0.111. The monoisotopic (exact) mass is 307 g/mol. The number of carbonyl (C=O) groups is 1. The molecule has 2 rings (SSSR count). The van der Waals surface area contributed by atoms with Gasteiger partial charge in [0.25, 0.3) is 0 Å². The van der Waals surface area contributed by atoms with Crippen LogP contribution in [0.25, 0.3) is 0 Å². The predicted octanol–water partition coefficient (Wildman–Crippen LogP) is 3.04. The summed E-state index contributed by atoms with van der Waals surface area (Å²) in [5, 5.41) is 4.16. The molecule has 4 nitrogen and oxygen atoms in total. The molecule has 1 aromatic heterocycles. The Labute approximate surface area is 114 Å². The number of benzene rings is 1. The fourth-order valence-electron chi connectivity index (χ4n) is 1.77. The first kappa shape index (κ1) is 12.8. The summed E-state index contributed by atoms with van der Waals surface area (Å²) in [4.78, 5) is 12.4. The number of anilines is 1. The molecule has 1 heterocycles. The number of ketones is 1. The van der Waals surface area contributed by atoms with Crippen molar-refractivity contribution < 1.29 is 4.79 Å². The first-order valence-electron chi connectivity index (χ1n) is 5.64. The maximum atomic E-state index is 12.4. The van der Waals surface area contributed by atoms with E-state index in [2.05, 4.69) is 21.0 Å². The second kappa shape index (κ2) is 4.94. The van der Waals surface area contributed by atoms with Crippen molar-refractivity contribution in [2.24, 2.45) is 0 Å². The number of nitrogen functional groups attached to an aromatic ring is 1. The summed E-state index contributed by atoms with van der Waals surface area (Å²) < 4.78 is 2.53. The number of rotatable bonds is 3. The Morgan fingerprint density at radius 3 is 2.78 bits per heavy atom. The molecule has 0 saturated heterocycles. The zero-order valence-corrected chi connectivity index (χ0v) is 11.8. The fourth-order valence-corrected chi connectivity index (χ4v) is 2.13. The first-order chi connectivity index (χ1) is 8.50. The number of nitrogens with zero attached hydrogens (tertiary/aromatic N) is 2. The molecule has 0 atom stereocenters. The number of carbonyl (C=O) groups excluding carboxylic acids is 1. The predicted molar refractivity (Wildman–Crippen MR) is 74.6 cm³/mol. The van der Waals surface area contributed by atoms with Crippen molar-refractivity contribution in [2.75, 3.05) is 5.73 Å². The van der Waals surface area contributed by atoms with Crippen LogP contribution in [0.5, 0.6) is 0 Å². The average molecular weight is 308 g/mol. The Morgan fingerprint density at radius 2 is 2.11 bits per heavy atom. The van der Waals surface area contributed by atoms with E-state index < -0.39 is 0 Å². The molecule has 0 aliphatic carbocycles. The molecule has 0 bridgehead atoms. The lowest BCUT2D eigenvalue weighted by atomic mass is 10.1. The van der Waals surface area contributed by atoms with E-state index in [-0.39, 0.29) is 11.8 Å². The van der Waals surface area contributed by atoms with Gasteiger partial charge in [0.2, 0.25) is 5.78 Å². The maximum Gasteiger partial charge on any atom is 0.213 e. The van der Waals surface area contributed by atoms with Crippen molar-refractivity contribution in [3.8, 4) is 0 Å². The van der Waals surface area contributed by atoms with Gasteiger partial charge < -0.3 is 5.73 Å². The van der Waals surface area contributed by atoms with Crippen LogP contribution in [0.4, 0.5) is 5.69 Å². The Balaban J connectivity index is 2.48. The van der Waals surface area contributed by atoms with Gasteiger partial charge in [0.15, 0.2) is 0 Å². The lowest BCUT2D eigenvalue weighted by molar-refractivity contribution is 0.102. The summed E-state index contributed by atoms with van der Waals surface area (Å²) in [6.07, 6.45) is 1.63. The molecule has 2 aromatic rings. The van der Waals surface area contributed by atoms with Gasteiger partial charge in [-0.25, -0.2) is 0 Å². The Kier molecular flexibility index (Phi) is 3.52. The van der Waals surface area contributed by atoms with Crippen LogP contribution in [0.3, 0.4) is 0 Å². The minimum absolute atomic E-state index is 0.111. The molecule has 0 aliphatic rings. The van der Waals surface area contributed by atoms with Crippen LogP contribution in [0.1, 0.15) is 35.9 Å². The molecule has 0 saturated carbocycles. The lowest BCUT2D eigenvalue weighted by Gasteiger charge is -2.11. The molecule has 0 amide bonds. The van der Waals surface area contributed by atoms with E-state index in [1.807, 2.05) is 19.9 Å². The van der Waals surface area contributed by atoms with Gasteiger partial charge in [-0.2, -0.15) is 5.10 Å². The Morgan fingerprint density at radius 1 is 1.39 bits per heavy atom. The van der Waals surface area contributed by atoms with Gasteiger partial charge in [-0.1, -0.05) is 15.9 Å². The SMILES string of the molecule is CC(C)n1nccc1C(=O)c1cc(Br)ccc1N. The number of hydrogen-bond acceptors (Lipinski definition) is 3. The van der Waals surface area contributed by atoms with Crippen LogP contribution in [0.2, 0.25) is 0 Å². The van der Waals surface area contributed by atoms with E-state index in [9.17, 15) is 4.79 Å². The van der Waals surface area contributed by atoms with Gasteiger partial charge in [0, 0.05) is 28.0 Å². The molecular weight excluding hydrogens is 294 g/mol. The number of nitrogens with two attached hydrogens (primary N) is 1. The summed E-state index contributed by atoms with van der Waals surface area (Å²) in [5.41, 5.74) is 7.37. The molecule has 0 fully saturated rings. The van der Waals surface area contributed by atoms with E-state index >= 15 is 0 Å². The summed E-state index contributed by atoms with van der Waals surface area (Å²) in [7, 11) is 0. The summed E-state index contributed by atoms with van der Waals surface area (Å²) >= 11 is 3.35. The average Bonchev–Trinajstić information content (AvgIpc) is 2.80. The highest BCUT2D eigenvalue weighted by Crippen LogP contribution is 2.22. The van der Waals surface area contributed by atoms with Gasteiger partial charge in [-0.05, 0) is 38.1 Å². The van der Waals surface area contributed by atoms with Crippen molar-refractivity contribution >= 4 is 27.4 Å². The van der Waals surface area contributed by atoms with Crippen molar-refractivity contribution in [3.63, 3.8) is 0 Å². The van der Waals surface area contributed by atoms with Crippen LogP contribution in [-0.2, 0) is 0 Å². The van der Waals surface area contributed by atoms with Gasteiger partial charge in [-0.3, -0.25) is 9.48 Å². The summed E-state index contributed by atoms with van der Waals surface area (Å²) in [6, 6.07) is 7.10. The van der Waals surface area contributed by atoms with Crippen LogP contribution < -0.4 is 5.73 Å². The van der Waals surface area contributed by atoms with Crippen molar-refractivity contribution in [1.29, 1.82) is 0 Å². The highest BCUT2D eigenvalue weighted by atomic mass is 79.9. The minimum Gasteiger partial charge on any atom is -0.398 e. The quantitative estimate of drug-likeness (QED) is 0.700. The molecular formula is C13H14BrN3O. The zero-order chi connectivity index (χ0) is 13.3. The maximum absolute atomic E-state index is 12.4.